The van der Waals surface area contributed by atoms with E-state index in [0.29, 0.717) is 12.5 Å². The van der Waals surface area contributed by atoms with Gasteiger partial charge >= 0.3 is 0 Å². The molecule has 6 heteroatoms. The Morgan fingerprint density at radius 3 is 2.55 bits per heavy atom. The quantitative estimate of drug-likeness (QED) is 0.755. The molecule has 1 fully saturated rings. The van der Waals surface area contributed by atoms with E-state index in [9.17, 15) is 14.0 Å². The van der Waals surface area contributed by atoms with Crippen LogP contribution >= 0.6 is 0 Å². The molecule has 154 valence electrons. The van der Waals surface area contributed by atoms with Gasteiger partial charge in [0.1, 0.15) is 5.82 Å². The molecule has 3 rings (SSSR count). The number of amides is 2. The van der Waals surface area contributed by atoms with Crippen LogP contribution in [-0.2, 0) is 17.9 Å². The number of hydrogen-bond acceptors (Lipinski definition) is 3. The summed E-state index contributed by atoms with van der Waals surface area (Å²) in [6.07, 6.45) is 2.51. The van der Waals surface area contributed by atoms with E-state index in [1.165, 1.54) is 36.6 Å². The van der Waals surface area contributed by atoms with Crippen LogP contribution in [0.1, 0.15) is 41.3 Å². The van der Waals surface area contributed by atoms with Gasteiger partial charge in [0.15, 0.2) is 0 Å². The van der Waals surface area contributed by atoms with Crippen molar-refractivity contribution in [3.63, 3.8) is 0 Å². The molecule has 1 atom stereocenters. The summed E-state index contributed by atoms with van der Waals surface area (Å²) in [4.78, 5) is 26.6. The first-order chi connectivity index (χ1) is 14.0. The second-order valence-corrected chi connectivity index (χ2v) is 7.69. The molecular formula is C23H28FN3O2. The third kappa shape index (κ3) is 6.12. The highest BCUT2D eigenvalue weighted by molar-refractivity contribution is 5.96. The van der Waals surface area contributed by atoms with Crippen LogP contribution in [0.5, 0.6) is 0 Å². The summed E-state index contributed by atoms with van der Waals surface area (Å²) < 4.78 is 13.6. The Bertz CT molecular complexity index is 856. The Balaban J connectivity index is 1.50. The predicted octanol–water partition coefficient (Wildman–Crippen LogP) is 3.10. The first-order valence-corrected chi connectivity index (χ1v) is 10.1. The Morgan fingerprint density at radius 2 is 1.79 bits per heavy atom. The zero-order chi connectivity index (χ0) is 20.6. The van der Waals surface area contributed by atoms with Gasteiger partial charge in [0.2, 0.25) is 5.91 Å². The summed E-state index contributed by atoms with van der Waals surface area (Å²) in [5.74, 6) is -0.797. The number of carbonyl (C=O) groups excluding carboxylic acids is 2. The van der Waals surface area contributed by atoms with Crippen molar-refractivity contribution in [1.29, 1.82) is 0 Å². The van der Waals surface area contributed by atoms with Gasteiger partial charge in [-0.3, -0.25) is 14.5 Å². The molecule has 5 nitrogen and oxygen atoms in total. The van der Waals surface area contributed by atoms with Crippen molar-refractivity contribution in [2.75, 3.05) is 19.6 Å². The van der Waals surface area contributed by atoms with Crippen LogP contribution in [0.3, 0.4) is 0 Å². The molecule has 0 spiro atoms. The Labute approximate surface area is 171 Å². The standard InChI is InChI=1S/C23H28FN3O2/c1-17-7-6-12-27(15-17)16-19-9-3-2-8-18(19)13-25-22(28)14-26-23(29)20-10-4-5-11-21(20)24/h2-5,8-11,17H,6-7,12-16H2,1H3,(H,25,28)(H,26,29). The van der Waals surface area contributed by atoms with Gasteiger partial charge in [0, 0.05) is 19.6 Å². The molecule has 1 aliphatic heterocycles. The topological polar surface area (TPSA) is 61.4 Å². The fourth-order valence-electron chi connectivity index (χ4n) is 3.71. The van der Waals surface area contributed by atoms with E-state index in [-0.39, 0.29) is 18.0 Å². The third-order valence-corrected chi connectivity index (χ3v) is 5.26. The van der Waals surface area contributed by atoms with E-state index >= 15 is 0 Å². The monoisotopic (exact) mass is 397 g/mol. The minimum absolute atomic E-state index is 0.0681. The van der Waals surface area contributed by atoms with E-state index < -0.39 is 11.7 Å². The van der Waals surface area contributed by atoms with Crippen molar-refractivity contribution < 1.29 is 14.0 Å². The summed E-state index contributed by atoms with van der Waals surface area (Å²) in [5, 5.41) is 5.30. The molecule has 2 aromatic rings. The lowest BCUT2D eigenvalue weighted by Gasteiger charge is -2.31. The minimum Gasteiger partial charge on any atom is -0.350 e. The van der Waals surface area contributed by atoms with Crippen LogP contribution in [0, 0.1) is 11.7 Å². The average molecular weight is 397 g/mol. The molecule has 1 aliphatic rings. The van der Waals surface area contributed by atoms with Gasteiger partial charge in [0.05, 0.1) is 12.1 Å². The molecule has 0 aromatic heterocycles. The Morgan fingerprint density at radius 1 is 1.07 bits per heavy atom. The summed E-state index contributed by atoms with van der Waals surface area (Å²) in [7, 11) is 0. The number of piperidine rings is 1. The molecule has 1 unspecified atom stereocenters. The minimum atomic E-state index is -0.605. The van der Waals surface area contributed by atoms with E-state index in [2.05, 4.69) is 28.5 Å². The number of carbonyl (C=O) groups is 2. The van der Waals surface area contributed by atoms with Crippen LogP contribution in [0.4, 0.5) is 4.39 Å². The van der Waals surface area contributed by atoms with Crippen molar-refractivity contribution >= 4 is 11.8 Å². The lowest BCUT2D eigenvalue weighted by Crippen LogP contribution is -2.37. The number of nitrogens with one attached hydrogen (secondary N) is 2. The average Bonchev–Trinajstić information content (AvgIpc) is 2.72. The van der Waals surface area contributed by atoms with Crippen LogP contribution in [0.15, 0.2) is 48.5 Å². The zero-order valence-electron chi connectivity index (χ0n) is 16.8. The van der Waals surface area contributed by atoms with Crippen molar-refractivity contribution in [2.24, 2.45) is 5.92 Å². The zero-order valence-corrected chi connectivity index (χ0v) is 16.8. The second kappa shape index (κ2) is 10.2. The highest BCUT2D eigenvalue weighted by Crippen LogP contribution is 2.19. The molecule has 0 aliphatic carbocycles. The lowest BCUT2D eigenvalue weighted by atomic mass is 9.99. The highest BCUT2D eigenvalue weighted by Gasteiger charge is 2.17. The number of nitrogens with zero attached hydrogens (tertiary/aromatic N) is 1. The molecule has 1 heterocycles. The largest absolute Gasteiger partial charge is 0.350 e. The van der Waals surface area contributed by atoms with Crippen molar-refractivity contribution in [3.8, 4) is 0 Å². The van der Waals surface area contributed by atoms with E-state index in [1.807, 2.05) is 18.2 Å². The van der Waals surface area contributed by atoms with Crippen LogP contribution in [0.25, 0.3) is 0 Å². The first-order valence-electron chi connectivity index (χ1n) is 10.1. The number of rotatable bonds is 7. The lowest BCUT2D eigenvalue weighted by molar-refractivity contribution is -0.120. The molecular weight excluding hydrogens is 369 g/mol. The smallest absolute Gasteiger partial charge is 0.254 e. The summed E-state index contributed by atoms with van der Waals surface area (Å²) in [6, 6.07) is 13.8. The number of likely N-dealkylation sites (tertiary alicyclic amines) is 1. The molecule has 2 aromatic carbocycles. The molecule has 2 N–H and O–H groups in total. The van der Waals surface area contributed by atoms with Gasteiger partial charge in [-0.25, -0.2) is 4.39 Å². The van der Waals surface area contributed by atoms with E-state index in [1.54, 1.807) is 6.07 Å². The molecule has 0 saturated carbocycles. The number of hydrogen-bond donors (Lipinski definition) is 2. The van der Waals surface area contributed by atoms with Crippen molar-refractivity contribution in [1.82, 2.24) is 15.5 Å². The van der Waals surface area contributed by atoms with Crippen LogP contribution in [-0.4, -0.2) is 36.3 Å². The SMILES string of the molecule is CC1CCCN(Cc2ccccc2CNC(=O)CNC(=O)c2ccccc2F)C1. The van der Waals surface area contributed by atoms with Crippen LogP contribution in [0.2, 0.25) is 0 Å². The van der Waals surface area contributed by atoms with E-state index in [4.69, 9.17) is 0 Å². The molecule has 1 saturated heterocycles. The first kappa shape index (κ1) is 21.0. The van der Waals surface area contributed by atoms with Gasteiger partial charge in [-0.15, -0.1) is 0 Å². The summed E-state index contributed by atoms with van der Waals surface area (Å²) >= 11 is 0. The Kier molecular flexibility index (Phi) is 7.36. The fraction of sp³-hybridized carbons (Fsp3) is 0.391. The third-order valence-electron chi connectivity index (χ3n) is 5.26. The molecule has 0 bridgehead atoms. The van der Waals surface area contributed by atoms with Gasteiger partial charge in [0.25, 0.3) is 5.91 Å². The number of halogens is 1. The van der Waals surface area contributed by atoms with Crippen molar-refractivity contribution in [2.45, 2.75) is 32.9 Å². The maximum atomic E-state index is 13.6. The molecule has 2 amide bonds. The summed E-state index contributed by atoms with van der Waals surface area (Å²) in [5.41, 5.74) is 2.21. The summed E-state index contributed by atoms with van der Waals surface area (Å²) in [6.45, 7) is 5.57. The molecule has 0 radical (unpaired) electrons. The fourth-order valence-corrected chi connectivity index (χ4v) is 3.71. The molecule has 29 heavy (non-hydrogen) atoms. The van der Waals surface area contributed by atoms with Crippen LogP contribution < -0.4 is 10.6 Å². The van der Waals surface area contributed by atoms with Gasteiger partial charge in [-0.2, -0.15) is 0 Å². The maximum Gasteiger partial charge on any atom is 0.254 e. The van der Waals surface area contributed by atoms with Gasteiger partial charge < -0.3 is 10.6 Å². The van der Waals surface area contributed by atoms with E-state index in [0.717, 1.165) is 25.2 Å². The highest BCUT2D eigenvalue weighted by atomic mass is 19.1. The Hall–Kier alpha value is -2.73. The van der Waals surface area contributed by atoms with Gasteiger partial charge in [-0.05, 0) is 48.6 Å². The number of benzene rings is 2. The second-order valence-electron chi connectivity index (χ2n) is 7.69. The van der Waals surface area contributed by atoms with Crippen molar-refractivity contribution in [3.05, 3.63) is 71.0 Å². The maximum absolute atomic E-state index is 13.6. The predicted molar refractivity (Wildman–Crippen MR) is 111 cm³/mol. The van der Waals surface area contributed by atoms with Gasteiger partial charge in [-0.1, -0.05) is 43.3 Å². The normalized spacial score (nSPS) is 17.0.